The van der Waals surface area contributed by atoms with Crippen LogP contribution >= 0.6 is 0 Å². The summed E-state index contributed by atoms with van der Waals surface area (Å²) >= 11 is 0. The van der Waals surface area contributed by atoms with Gasteiger partial charge in [0.1, 0.15) is 11.5 Å². The average molecular weight is 818 g/mol. The van der Waals surface area contributed by atoms with Crippen LogP contribution in [0.2, 0.25) is 0 Å². The third-order valence-electron chi connectivity index (χ3n) is 13.4. The molecule has 14 rings (SSSR count). The Balaban J connectivity index is 1.12. The fourth-order valence-electron chi connectivity index (χ4n) is 10.9. The van der Waals surface area contributed by atoms with Crippen molar-refractivity contribution in [3.63, 3.8) is 0 Å². The number of hydrogen-bond acceptors (Lipinski definition) is 4. The van der Waals surface area contributed by atoms with Gasteiger partial charge >= 0.3 is 0 Å². The second kappa shape index (κ2) is 13.2. The molecule has 0 unspecified atom stereocenters. The van der Waals surface area contributed by atoms with Crippen LogP contribution in [-0.2, 0) is 5.41 Å². The number of rotatable bonds is 4. The van der Waals surface area contributed by atoms with Gasteiger partial charge < -0.3 is 9.30 Å². The van der Waals surface area contributed by atoms with E-state index in [1.54, 1.807) is 0 Å². The van der Waals surface area contributed by atoms with Crippen LogP contribution in [0, 0.1) is 0 Å². The molecule has 6 heteroatoms. The van der Waals surface area contributed by atoms with E-state index in [4.69, 9.17) is 19.7 Å². The molecule has 0 saturated carbocycles. The predicted octanol–water partition coefficient (Wildman–Crippen LogP) is 13.9. The van der Waals surface area contributed by atoms with Crippen LogP contribution in [0.25, 0.3) is 89.2 Å². The fraction of sp³-hybridized carbons (Fsp3) is 0.0172. The lowest BCUT2D eigenvalue weighted by atomic mass is 9.66. The minimum Gasteiger partial charge on any atom is -0.457 e. The summed E-state index contributed by atoms with van der Waals surface area (Å²) in [5, 5.41) is 4.62. The Morgan fingerprint density at radius 3 is 1.61 bits per heavy atom. The Morgan fingerprint density at radius 2 is 0.922 bits per heavy atom. The van der Waals surface area contributed by atoms with Gasteiger partial charge in [-0.2, -0.15) is 9.97 Å². The van der Waals surface area contributed by atoms with E-state index in [0.717, 1.165) is 66.8 Å². The summed E-state index contributed by atoms with van der Waals surface area (Å²) in [6.07, 6.45) is 0. The summed E-state index contributed by atoms with van der Waals surface area (Å²) in [6, 6.07) is 75.4. The first-order valence-electron chi connectivity index (χ1n) is 21.7. The van der Waals surface area contributed by atoms with Crippen LogP contribution in [-0.4, -0.2) is 24.1 Å². The maximum Gasteiger partial charge on any atom is 0.238 e. The normalized spacial score (nSPS) is 13.2. The molecule has 9 aromatic carbocycles. The number of fused-ring (bicyclic) bond motifs is 16. The summed E-state index contributed by atoms with van der Waals surface area (Å²) in [7, 11) is 0. The SMILES string of the molecule is c1ccc(-c2nc(-c3ccccc3)nc(-n3c4ccccc4c4cc5c6ccc7c(c6n(-c6ccccc6)c5cc43)-c3ccccc3C73c4ccccc4Oc4ccccc43)n2)cc1. The van der Waals surface area contributed by atoms with E-state index in [-0.39, 0.29) is 0 Å². The number of para-hydroxylation sites is 4. The zero-order valence-corrected chi connectivity index (χ0v) is 34.4. The molecule has 0 radical (unpaired) electrons. The first-order chi connectivity index (χ1) is 31.8. The standard InChI is InChI=1S/C58H35N5O/c1-4-18-36(19-5-1)55-59-56(37-20-6-2-7-21-37)61-57(60-55)63-48-29-15-11-24-39(48)42-34-43-40-32-33-47-53(54(40)62(49(43)35-50(42)63)38-22-8-3-9-23-38)41-25-10-12-26-44(41)58(47)45-27-13-16-30-51(45)64-52-31-17-14-28-46(52)58/h1-35H. The maximum atomic E-state index is 6.68. The van der Waals surface area contributed by atoms with Crippen molar-refractivity contribution in [2.24, 2.45) is 0 Å². The van der Waals surface area contributed by atoms with E-state index < -0.39 is 5.41 Å². The molecule has 1 aliphatic heterocycles. The lowest BCUT2D eigenvalue weighted by molar-refractivity contribution is 0.436. The summed E-state index contributed by atoms with van der Waals surface area (Å²) in [4.78, 5) is 15.6. The average Bonchev–Trinajstić information content (AvgIpc) is 3.98. The molecular weight excluding hydrogens is 783 g/mol. The number of aromatic nitrogens is 5. The van der Waals surface area contributed by atoms with E-state index in [1.807, 2.05) is 36.4 Å². The topological polar surface area (TPSA) is 57.8 Å². The molecule has 0 atom stereocenters. The zero-order valence-electron chi connectivity index (χ0n) is 34.4. The second-order valence-corrected chi connectivity index (χ2v) is 16.7. The lowest BCUT2D eigenvalue weighted by Gasteiger charge is -2.39. The minimum atomic E-state index is -0.591. The van der Waals surface area contributed by atoms with Gasteiger partial charge in [-0.3, -0.25) is 4.57 Å². The molecule has 3 aromatic heterocycles. The first-order valence-corrected chi connectivity index (χ1v) is 21.7. The van der Waals surface area contributed by atoms with E-state index >= 15 is 0 Å². The van der Waals surface area contributed by atoms with Gasteiger partial charge in [-0.1, -0.05) is 170 Å². The van der Waals surface area contributed by atoms with Crippen molar-refractivity contribution in [1.29, 1.82) is 0 Å². The minimum absolute atomic E-state index is 0.564. The highest BCUT2D eigenvalue weighted by Crippen LogP contribution is 2.63. The Morgan fingerprint density at radius 1 is 0.375 bits per heavy atom. The molecule has 12 aromatic rings. The van der Waals surface area contributed by atoms with Gasteiger partial charge in [-0.15, -0.1) is 0 Å². The van der Waals surface area contributed by atoms with Crippen LogP contribution in [0.15, 0.2) is 212 Å². The molecular formula is C58H35N5O. The van der Waals surface area contributed by atoms with Crippen LogP contribution in [0.5, 0.6) is 11.5 Å². The number of nitrogens with zero attached hydrogens (tertiary/aromatic N) is 5. The van der Waals surface area contributed by atoms with E-state index in [9.17, 15) is 0 Å². The summed E-state index contributed by atoms with van der Waals surface area (Å²) in [6.45, 7) is 0. The highest BCUT2D eigenvalue weighted by atomic mass is 16.5. The molecule has 64 heavy (non-hydrogen) atoms. The van der Waals surface area contributed by atoms with Crippen molar-refractivity contribution < 1.29 is 4.74 Å². The molecule has 4 heterocycles. The highest BCUT2D eigenvalue weighted by Gasteiger charge is 2.51. The summed E-state index contributed by atoms with van der Waals surface area (Å²) in [5.41, 5.74) is 13.9. The first kappa shape index (κ1) is 35.0. The van der Waals surface area contributed by atoms with Crippen molar-refractivity contribution in [2.75, 3.05) is 0 Å². The summed E-state index contributed by atoms with van der Waals surface area (Å²) < 4.78 is 11.4. The Labute approximate surface area is 368 Å². The van der Waals surface area contributed by atoms with Gasteiger partial charge in [-0.05, 0) is 59.2 Å². The van der Waals surface area contributed by atoms with Gasteiger partial charge in [0.15, 0.2) is 11.6 Å². The van der Waals surface area contributed by atoms with Crippen molar-refractivity contribution in [2.45, 2.75) is 5.41 Å². The Hall–Kier alpha value is -8.61. The van der Waals surface area contributed by atoms with Crippen LogP contribution in [0.3, 0.4) is 0 Å². The molecule has 0 fully saturated rings. The number of benzene rings is 9. The largest absolute Gasteiger partial charge is 0.457 e. The summed E-state index contributed by atoms with van der Waals surface area (Å²) in [5.74, 6) is 3.57. The van der Waals surface area contributed by atoms with Crippen LogP contribution in [0.4, 0.5) is 0 Å². The van der Waals surface area contributed by atoms with Gasteiger partial charge in [0.2, 0.25) is 5.95 Å². The van der Waals surface area contributed by atoms with Crippen LogP contribution in [0.1, 0.15) is 22.3 Å². The molecule has 1 spiro atoms. The van der Waals surface area contributed by atoms with Gasteiger partial charge in [0, 0.05) is 55.0 Å². The fourth-order valence-corrected chi connectivity index (χ4v) is 10.9. The van der Waals surface area contributed by atoms with Gasteiger partial charge in [0.05, 0.1) is 27.5 Å². The molecule has 0 saturated heterocycles. The maximum absolute atomic E-state index is 6.68. The monoisotopic (exact) mass is 817 g/mol. The third kappa shape index (κ3) is 4.71. The van der Waals surface area contributed by atoms with E-state index in [2.05, 4.69) is 185 Å². The van der Waals surface area contributed by atoms with E-state index in [1.165, 1.54) is 38.5 Å². The van der Waals surface area contributed by atoms with Crippen molar-refractivity contribution in [3.8, 4) is 57.0 Å². The molecule has 6 nitrogen and oxygen atoms in total. The van der Waals surface area contributed by atoms with Crippen LogP contribution < -0.4 is 4.74 Å². The highest BCUT2D eigenvalue weighted by molar-refractivity contribution is 6.22. The molecule has 0 bridgehead atoms. The predicted molar refractivity (Wildman–Crippen MR) is 257 cm³/mol. The molecule has 298 valence electrons. The third-order valence-corrected chi connectivity index (χ3v) is 13.4. The number of hydrogen-bond donors (Lipinski definition) is 0. The quantitative estimate of drug-likeness (QED) is 0.177. The van der Waals surface area contributed by atoms with Gasteiger partial charge in [0.25, 0.3) is 0 Å². The second-order valence-electron chi connectivity index (χ2n) is 16.7. The van der Waals surface area contributed by atoms with Crippen molar-refractivity contribution in [3.05, 3.63) is 235 Å². The zero-order chi connectivity index (χ0) is 41.9. The smallest absolute Gasteiger partial charge is 0.238 e. The van der Waals surface area contributed by atoms with Crippen molar-refractivity contribution >= 4 is 43.6 Å². The molecule has 0 N–H and O–H groups in total. The molecule has 1 aliphatic carbocycles. The number of ether oxygens (including phenoxy) is 1. The molecule has 2 aliphatic rings. The lowest BCUT2D eigenvalue weighted by Crippen LogP contribution is -2.32. The van der Waals surface area contributed by atoms with Gasteiger partial charge in [-0.25, -0.2) is 4.98 Å². The molecule has 0 amide bonds. The van der Waals surface area contributed by atoms with Crippen molar-refractivity contribution in [1.82, 2.24) is 24.1 Å². The Kier molecular flexibility index (Phi) is 7.22. The van der Waals surface area contributed by atoms with E-state index in [0.29, 0.717) is 17.6 Å². The Bertz CT molecular complexity index is 3770.